The van der Waals surface area contributed by atoms with Crippen LogP contribution in [0, 0.1) is 18.6 Å². The molecule has 6 heteroatoms. The van der Waals surface area contributed by atoms with Gasteiger partial charge in [0.05, 0.1) is 16.9 Å². The first-order valence-electron chi connectivity index (χ1n) is 5.71. The summed E-state index contributed by atoms with van der Waals surface area (Å²) < 4.78 is 27.2. The van der Waals surface area contributed by atoms with Crippen molar-refractivity contribution in [1.29, 1.82) is 0 Å². The molecule has 0 saturated heterocycles. The van der Waals surface area contributed by atoms with Crippen molar-refractivity contribution >= 4 is 33.2 Å². The third kappa shape index (κ3) is 2.80. The van der Waals surface area contributed by atoms with Gasteiger partial charge in [0.25, 0.3) is 5.91 Å². The maximum atomic E-state index is 13.6. The first-order chi connectivity index (χ1) is 9.40. The van der Waals surface area contributed by atoms with Crippen molar-refractivity contribution in [1.82, 2.24) is 0 Å². The predicted molar refractivity (Wildman–Crippen MR) is 77.6 cm³/mol. The first kappa shape index (κ1) is 14.5. The highest BCUT2D eigenvalue weighted by molar-refractivity contribution is 9.10. The quantitative estimate of drug-likeness (QED) is 0.815. The summed E-state index contributed by atoms with van der Waals surface area (Å²) in [6.07, 6.45) is 0. The van der Waals surface area contributed by atoms with Crippen molar-refractivity contribution in [2.75, 3.05) is 11.1 Å². The Labute approximate surface area is 122 Å². The van der Waals surface area contributed by atoms with Crippen molar-refractivity contribution in [3.63, 3.8) is 0 Å². The second-order valence-electron chi connectivity index (χ2n) is 4.24. The van der Waals surface area contributed by atoms with Gasteiger partial charge in [0, 0.05) is 10.5 Å². The largest absolute Gasteiger partial charge is 0.396 e. The number of carbonyl (C=O) groups excluding carboxylic acids is 1. The number of halogens is 3. The smallest absolute Gasteiger partial charge is 0.256 e. The van der Waals surface area contributed by atoms with Crippen LogP contribution in [0.1, 0.15) is 15.9 Å². The molecular formula is C14H11BrF2N2O. The maximum Gasteiger partial charge on any atom is 0.256 e. The van der Waals surface area contributed by atoms with Crippen LogP contribution >= 0.6 is 15.9 Å². The molecule has 3 N–H and O–H groups in total. The van der Waals surface area contributed by atoms with Crippen LogP contribution in [0.4, 0.5) is 20.2 Å². The lowest BCUT2D eigenvalue weighted by atomic mass is 10.1. The SMILES string of the molecule is Cc1cccc(C(=O)Nc2cc(N)c(F)cc2F)c1Br. The molecule has 0 radical (unpaired) electrons. The van der Waals surface area contributed by atoms with Crippen molar-refractivity contribution in [3.8, 4) is 0 Å². The number of hydrogen-bond acceptors (Lipinski definition) is 2. The Morgan fingerprint density at radius 1 is 1.25 bits per heavy atom. The van der Waals surface area contributed by atoms with E-state index in [9.17, 15) is 13.6 Å². The van der Waals surface area contributed by atoms with Crippen molar-refractivity contribution < 1.29 is 13.6 Å². The number of anilines is 2. The molecule has 0 aliphatic carbocycles. The second kappa shape index (κ2) is 5.58. The van der Waals surface area contributed by atoms with Crippen LogP contribution < -0.4 is 11.1 Å². The Bertz CT molecular complexity index is 689. The fourth-order valence-corrected chi connectivity index (χ4v) is 2.12. The number of benzene rings is 2. The summed E-state index contributed by atoms with van der Waals surface area (Å²) in [5.74, 6) is -2.25. The van der Waals surface area contributed by atoms with Crippen LogP contribution in [0.2, 0.25) is 0 Å². The number of hydrogen-bond donors (Lipinski definition) is 2. The van der Waals surface area contributed by atoms with Crippen LogP contribution in [0.3, 0.4) is 0 Å². The molecule has 0 bridgehead atoms. The number of nitrogen functional groups attached to an aromatic ring is 1. The monoisotopic (exact) mass is 340 g/mol. The van der Waals surface area contributed by atoms with Crippen LogP contribution in [-0.2, 0) is 0 Å². The van der Waals surface area contributed by atoms with E-state index in [0.717, 1.165) is 11.6 Å². The topological polar surface area (TPSA) is 55.1 Å². The molecule has 0 unspecified atom stereocenters. The van der Waals surface area contributed by atoms with Gasteiger partial charge in [-0.15, -0.1) is 0 Å². The predicted octanol–water partition coefficient (Wildman–Crippen LogP) is 3.87. The molecule has 104 valence electrons. The van der Waals surface area contributed by atoms with Crippen LogP contribution in [0.25, 0.3) is 0 Å². The second-order valence-corrected chi connectivity index (χ2v) is 5.04. The van der Waals surface area contributed by atoms with Crippen molar-refractivity contribution in [3.05, 3.63) is 57.6 Å². The summed E-state index contributed by atoms with van der Waals surface area (Å²) in [7, 11) is 0. The van der Waals surface area contributed by atoms with Crippen molar-refractivity contribution in [2.45, 2.75) is 6.92 Å². The van der Waals surface area contributed by atoms with Gasteiger partial charge < -0.3 is 11.1 Å². The zero-order chi connectivity index (χ0) is 14.9. The molecule has 20 heavy (non-hydrogen) atoms. The Morgan fingerprint density at radius 2 is 1.95 bits per heavy atom. The van der Waals surface area contributed by atoms with E-state index in [-0.39, 0.29) is 11.4 Å². The lowest BCUT2D eigenvalue weighted by Gasteiger charge is -2.10. The molecule has 1 amide bonds. The number of rotatable bonds is 2. The highest BCUT2D eigenvalue weighted by Crippen LogP contribution is 2.25. The van der Waals surface area contributed by atoms with Crippen molar-refractivity contribution in [2.24, 2.45) is 0 Å². The van der Waals surface area contributed by atoms with Gasteiger partial charge in [-0.1, -0.05) is 12.1 Å². The Kier molecular flexibility index (Phi) is 4.04. The van der Waals surface area contributed by atoms with Gasteiger partial charge in [0.15, 0.2) is 0 Å². The fraction of sp³-hybridized carbons (Fsp3) is 0.0714. The van der Waals surface area contributed by atoms with E-state index in [1.165, 1.54) is 0 Å². The minimum Gasteiger partial charge on any atom is -0.396 e. The van der Waals surface area contributed by atoms with E-state index in [4.69, 9.17) is 5.73 Å². The first-order valence-corrected chi connectivity index (χ1v) is 6.50. The molecule has 0 saturated carbocycles. The molecule has 2 rings (SSSR count). The highest BCUT2D eigenvalue weighted by Gasteiger charge is 2.15. The maximum absolute atomic E-state index is 13.6. The molecule has 2 aromatic carbocycles. The van der Waals surface area contributed by atoms with Crippen LogP contribution in [0.15, 0.2) is 34.8 Å². The van der Waals surface area contributed by atoms with Gasteiger partial charge >= 0.3 is 0 Å². The lowest BCUT2D eigenvalue weighted by molar-refractivity contribution is 0.102. The molecule has 0 aliphatic rings. The van der Waals surface area contributed by atoms with E-state index >= 15 is 0 Å². The third-order valence-electron chi connectivity index (χ3n) is 2.77. The Balaban J connectivity index is 2.33. The number of nitrogens with one attached hydrogen (secondary N) is 1. The molecule has 0 aromatic heterocycles. The summed E-state index contributed by atoms with van der Waals surface area (Å²) in [4.78, 5) is 12.1. The zero-order valence-electron chi connectivity index (χ0n) is 10.5. The number of carbonyl (C=O) groups is 1. The summed E-state index contributed by atoms with van der Waals surface area (Å²) in [6, 6.07) is 6.82. The van der Waals surface area contributed by atoms with E-state index in [0.29, 0.717) is 16.1 Å². The normalized spacial score (nSPS) is 10.4. The molecular weight excluding hydrogens is 330 g/mol. The highest BCUT2D eigenvalue weighted by atomic mass is 79.9. The molecule has 0 heterocycles. The average molecular weight is 341 g/mol. The van der Waals surface area contributed by atoms with Gasteiger partial charge in [-0.2, -0.15) is 0 Å². The third-order valence-corrected chi connectivity index (χ3v) is 3.82. The van der Waals surface area contributed by atoms with Crippen LogP contribution in [-0.4, -0.2) is 5.91 Å². The number of nitrogens with two attached hydrogens (primary N) is 1. The molecule has 3 nitrogen and oxygen atoms in total. The lowest BCUT2D eigenvalue weighted by Crippen LogP contribution is -2.14. The minimum absolute atomic E-state index is 0.165. The Morgan fingerprint density at radius 3 is 2.65 bits per heavy atom. The summed E-state index contributed by atoms with van der Waals surface area (Å²) in [5.41, 5.74) is 6.19. The summed E-state index contributed by atoms with van der Waals surface area (Å²) in [5, 5.41) is 2.37. The summed E-state index contributed by atoms with van der Waals surface area (Å²) >= 11 is 3.30. The molecule has 0 spiro atoms. The van der Waals surface area contributed by atoms with E-state index in [1.54, 1.807) is 12.1 Å². The molecule has 0 atom stereocenters. The van der Waals surface area contributed by atoms with Gasteiger partial charge in [-0.25, -0.2) is 8.78 Å². The van der Waals surface area contributed by atoms with E-state index in [2.05, 4.69) is 21.2 Å². The Hall–Kier alpha value is -1.95. The van der Waals surface area contributed by atoms with E-state index in [1.807, 2.05) is 13.0 Å². The average Bonchev–Trinajstić information content (AvgIpc) is 2.39. The fourth-order valence-electron chi connectivity index (χ4n) is 1.67. The summed E-state index contributed by atoms with van der Waals surface area (Å²) in [6.45, 7) is 1.83. The standard InChI is InChI=1S/C14H11BrF2N2O/c1-7-3-2-4-8(13(7)15)14(20)19-12-6-11(18)9(16)5-10(12)17/h2-6H,18H2,1H3,(H,19,20). The van der Waals surface area contributed by atoms with Gasteiger partial charge in [-0.3, -0.25) is 4.79 Å². The molecule has 0 aliphatic heterocycles. The zero-order valence-corrected chi connectivity index (χ0v) is 12.1. The van der Waals surface area contributed by atoms with Gasteiger partial charge in [0.2, 0.25) is 0 Å². The number of aryl methyl sites for hydroxylation is 1. The number of amides is 1. The van der Waals surface area contributed by atoms with Gasteiger partial charge in [-0.05, 0) is 40.5 Å². The molecule has 2 aromatic rings. The molecule has 0 fully saturated rings. The van der Waals surface area contributed by atoms with Crippen LogP contribution in [0.5, 0.6) is 0 Å². The minimum atomic E-state index is -0.881. The van der Waals surface area contributed by atoms with E-state index < -0.39 is 17.5 Å². The van der Waals surface area contributed by atoms with Gasteiger partial charge in [0.1, 0.15) is 11.6 Å².